The minimum Gasteiger partial charge on any atom is -0.383 e. The lowest BCUT2D eigenvalue weighted by atomic mass is 9.79. The van der Waals surface area contributed by atoms with Crippen molar-refractivity contribution in [2.45, 2.75) is 26.7 Å². The van der Waals surface area contributed by atoms with Gasteiger partial charge in [-0.3, -0.25) is 4.79 Å². The molecule has 1 fully saturated rings. The van der Waals surface area contributed by atoms with Crippen molar-refractivity contribution < 1.29 is 14.4 Å². The third kappa shape index (κ3) is 4.10. The highest BCUT2D eigenvalue weighted by molar-refractivity contribution is 5.91. The molecule has 1 saturated heterocycles. The van der Waals surface area contributed by atoms with Gasteiger partial charge in [0.25, 0.3) is 0 Å². The standard InChI is InChI=1S/C14H24N2O2/c1-14(2)10-12(9-13(17)11-14)15-3-4-16-5-7-18-8-6-16/h9,15H,3-8,10-11H2,1-2H3/p+1. The highest BCUT2D eigenvalue weighted by atomic mass is 16.5. The summed E-state index contributed by atoms with van der Waals surface area (Å²) in [7, 11) is 0. The summed E-state index contributed by atoms with van der Waals surface area (Å²) >= 11 is 0. The Bertz CT molecular complexity index is 331. The van der Waals surface area contributed by atoms with Crippen LogP contribution < -0.4 is 10.2 Å². The van der Waals surface area contributed by atoms with Gasteiger partial charge in [-0.1, -0.05) is 13.8 Å². The van der Waals surface area contributed by atoms with E-state index in [0.29, 0.717) is 6.42 Å². The molecule has 2 N–H and O–H groups in total. The fourth-order valence-corrected chi connectivity index (χ4v) is 2.77. The first-order valence-electron chi connectivity index (χ1n) is 6.94. The summed E-state index contributed by atoms with van der Waals surface area (Å²) in [4.78, 5) is 13.2. The summed E-state index contributed by atoms with van der Waals surface area (Å²) in [6.07, 6.45) is 3.45. The Morgan fingerprint density at radius 3 is 2.72 bits per heavy atom. The number of ketones is 1. The van der Waals surface area contributed by atoms with Gasteiger partial charge in [0, 0.05) is 18.2 Å². The van der Waals surface area contributed by atoms with Crippen molar-refractivity contribution in [2.24, 2.45) is 5.41 Å². The molecule has 18 heavy (non-hydrogen) atoms. The number of carbonyl (C=O) groups excluding carboxylic acids is 1. The van der Waals surface area contributed by atoms with Crippen LogP contribution in [-0.4, -0.2) is 45.2 Å². The number of ether oxygens (including phenoxy) is 1. The molecular weight excluding hydrogens is 228 g/mol. The van der Waals surface area contributed by atoms with Crippen LogP contribution in [0.5, 0.6) is 0 Å². The number of hydrogen-bond donors (Lipinski definition) is 2. The van der Waals surface area contributed by atoms with Crippen molar-refractivity contribution in [3.05, 3.63) is 11.8 Å². The average Bonchev–Trinajstić information content (AvgIpc) is 2.27. The summed E-state index contributed by atoms with van der Waals surface area (Å²) in [5.74, 6) is 0.257. The molecule has 0 saturated carbocycles. The highest BCUT2D eigenvalue weighted by Crippen LogP contribution is 2.32. The minimum atomic E-state index is 0.111. The maximum Gasteiger partial charge on any atom is 0.157 e. The van der Waals surface area contributed by atoms with E-state index >= 15 is 0 Å². The van der Waals surface area contributed by atoms with Crippen LogP contribution >= 0.6 is 0 Å². The van der Waals surface area contributed by atoms with Gasteiger partial charge < -0.3 is 15.0 Å². The van der Waals surface area contributed by atoms with Crippen LogP contribution in [-0.2, 0) is 9.53 Å². The molecule has 1 heterocycles. The van der Waals surface area contributed by atoms with Crippen LogP contribution in [0.3, 0.4) is 0 Å². The van der Waals surface area contributed by atoms with Gasteiger partial charge in [0.15, 0.2) is 5.78 Å². The maximum atomic E-state index is 11.6. The lowest BCUT2D eigenvalue weighted by Gasteiger charge is -2.30. The number of rotatable bonds is 4. The van der Waals surface area contributed by atoms with Crippen molar-refractivity contribution >= 4 is 5.78 Å². The van der Waals surface area contributed by atoms with Crippen molar-refractivity contribution in [1.82, 2.24) is 5.32 Å². The summed E-state index contributed by atoms with van der Waals surface area (Å²) in [6, 6.07) is 0. The molecule has 0 bridgehead atoms. The first-order chi connectivity index (χ1) is 8.55. The molecule has 0 spiro atoms. The van der Waals surface area contributed by atoms with Gasteiger partial charge in [0.1, 0.15) is 13.1 Å². The average molecular weight is 253 g/mol. The number of carbonyl (C=O) groups is 1. The van der Waals surface area contributed by atoms with E-state index in [1.165, 1.54) is 0 Å². The van der Waals surface area contributed by atoms with Gasteiger partial charge in [0.05, 0.1) is 26.3 Å². The molecule has 0 atom stereocenters. The molecule has 0 aromatic rings. The van der Waals surface area contributed by atoms with Gasteiger partial charge in [-0.25, -0.2) is 0 Å². The molecule has 0 amide bonds. The monoisotopic (exact) mass is 253 g/mol. The van der Waals surface area contributed by atoms with Crippen molar-refractivity contribution in [3.8, 4) is 0 Å². The van der Waals surface area contributed by atoms with E-state index in [2.05, 4.69) is 19.2 Å². The Morgan fingerprint density at radius 2 is 2.06 bits per heavy atom. The number of quaternary nitrogens is 1. The molecule has 2 aliphatic rings. The Labute approximate surface area is 109 Å². The maximum absolute atomic E-state index is 11.6. The summed E-state index contributed by atoms with van der Waals surface area (Å²) < 4.78 is 5.34. The molecule has 1 aliphatic carbocycles. The van der Waals surface area contributed by atoms with Gasteiger partial charge >= 0.3 is 0 Å². The van der Waals surface area contributed by atoms with Crippen molar-refractivity contribution in [1.29, 1.82) is 0 Å². The second-order valence-corrected chi connectivity index (χ2v) is 6.19. The second kappa shape index (κ2) is 5.85. The lowest BCUT2D eigenvalue weighted by Crippen LogP contribution is -3.14. The van der Waals surface area contributed by atoms with Crippen molar-refractivity contribution in [3.63, 3.8) is 0 Å². The summed E-state index contributed by atoms with van der Waals surface area (Å²) in [6.45, 7) is 10.3. The SMILES string of the molecule is CC1(C)CC(=O)C=C(NCC[NH+]2CCOCC2)C1. The normalized spacial score (nSPS) is 24.8. The smallest absolute Gasteiger partial charge is 0.157 e. The van der Waals surface area contributed by atoms with E-state index in [9.17, 15) is 4.79 Å². The molecule has 4 nitrogen and oxygen atoms in total. The number of morpholine rings is 1. The van der Waals surface area contributed by atoms with E-state index in [4.69, 9.17) is 4.74 Å². The molecule has 0 aromatic carbocycles. The Balaban J connectivity index is 1.74. The largest absolute Gasteiger partial charge is 0.383 e. The van der Waals surface area contributed by atoms with Gasteiger partial charge in [-0.05, 0) is 11.8 Å². The van der Waals surface area contributed by atoms with Crippen LogP contribution in [0.15, 0.2) is 11.8 Å². The van der Waals surface area contributed by atoms with Crippen LogP contribution in [0.2, 0.25) is 0 Å². The Kier molecular flexibility index (Phi) is 4.40. The summed E-state index contributed by atoms with van der Waals surface area (Å²) in [5.41, 5.74) is 1.23. The number of allylic oxidation sites excluding steroid dienone is 2. The van der Waals surface area contributed by atoms with Crippen LogP contribution in [0.4, 0.5) is 0 Å². The molecule has 0 aromatic heterocycles. The molecule has 0 radical (unpaired) electrons. The van der Waals surface area contributed by atoms with Crippen LogP contribution in [0.25, 0.3) is 0 Å². The van der Waals surface area contributed by atoms with Gasteiger partial charge in [-0.2, -0.15) is 0 Å². The Hall–Kier alpha value is -0.870. The van der Waals surface area contributed by atoms with Gasteiger partial charge in [-0.15, -0.1) is 0 Å². The van der Waals surface area contributed by atoms with Crippen LogP contribution in [0, 0.1) is 5.41 Å². The Morgan fingerprint density at radius 1 is 1.33 bits per heavy atom. The highest BCUT2D eigenvalue weighted by Gasteiger charge is 2.27. The third-order valence-electron chi connectivity index (χ3n) is 3.69. The topological polar surface area (TPSA) is 42.8 Å². The molecule has 1 aliphatic heterocycles. The second-order valence-electron chi connectivity index (χ2n) is 6.19. The van der Waals surface area contributed by atoms with Crippen LogP contribution in [0.1, 0.15) is 26.7 Å². The summed E-state index contributed by atoms with van der Waals surface area (Å²) in [5, 5.41) is 3.43. The minimum absolute atomic E-state index is 0.111. The molecule has 0 unspecified atom stereocenters. The zero-order valence-corrected chi connectivity index (χ0v) is 11.6. The first-order valence-corrected chi connectivity index (χ1v) is 6.94. The fourth-order valence-electron chi connectivity index (χ4n) is 2.77. The zero-order chi connectivity index (χ0) is 13.0. The molecule has 2 rings (SSSR count). The predicted molar refractivity (Wildman–Crippen MR) is 70.5 cm³/mol. The fraction of sp³-hybridized carbons (Fsp3) is 0.786. The van der Waals surface area contributed by atoms with E-state index in [0.717, 1.165) is 51.5 Å². The van der Waals surface area contributed by atoms with E-state index < -0.39 is 0 Å². The van der Waals surface area contributed by atoms with Crippen molar-refractivity contribution in [2.75, 3.05) is 39.4 Å². The van der Waals surface area contributed by atoms with E-state index in [1.807, 2.05) is 0 Å². The molecule has 102 valence electrons. The van der Waals surface area contributed by atoms with Gasteiger partial charge in [0.2, 0.25) is 0 Å². The predicted octanol–water partition coefficient (Wildman–Crippen LogP) is -0.236. The molecule has 4 heteroatoms. The first kappa shape index (κ1) is 13.6. The quantitative estimate of drug-likeness (QED) is 0.727. The third-order valence-corrected chi connectivity index (χ3v) is 3.69. The van der Waals surface area contributed by atoms with E-state index in [-0.39, 0.29) is 11.2 Å². The number of hydrogen-bond acceptors (Lipinski definition) is 3. The molecular formula is C14H25N2O2+. The zero-order valence-electron chi connectivity index (χ0n) is 11.6. The number of nitrogens with one attached hydrogen (secondary N) is 2. The van der Waals surface area contributed by atoms with E-state index in [1.54, 1.807) is 11.0 Å². The lowest BCUT2D eigenvalue weighted by molar-refractivity contribution is -0.906.